The number of carbonyl (C=O) groups is 1. The highest BCUT2D eigenvalue weighted by Crippen LogP contribution is 2.28. The van der Waals surface area contributed by atoms with Gasteiger partial charge in [-0.25, -0.2) is 17.9 Å². The standard InChI is InChI=1S/C17H17N3O4S/c1-11(20-25(23,24)13-5-3-2-4-6-13)15-10-18-16-8-7-12(9-14(15)16)19-17(21)22/h2-11,18-20H,1H3,(H,21,22). The van der Waals surface area contributed by atoms with Gasteiger partial charge in [0.15, 0.2) is 0 Å². The number of benzene rings is 2. The molecule has 0 aliphatic rings. The molecule has 1 atom stereocenters. The zero-order valence-corrected chi connectivity index (χ0v) is 14.2. The topological polar surface area (TPSA) is 111 Å². The van der Waals surface area contributed by atoms with Gasteiger partial charge in [-0.15, -0.1) is 0 Å². The van der Waals surface area contributed by atoms with Crippen molar-refractivity contribution in [3.63, 3.8) is 0 Å². The highest BCUT2D eigenvalue weighted by Gasteiger charge is 2.20. The van der Waals surface area contributed by atoms with Gasteiger partial charge in [0.25, 0.3) is 0 Å². The second kappa shape index (κ2) is 6.58. The first-order valence-electron chi connectivity index (χ1n) is 7.55. The number of carboxylic acid groups (broad SMARTS) is 1. The molecule has 0 radical (unpaired) electrons. The number of sulfonamides is 1. The molecule has 7 nitrogen and oxygen atoms in total. The molecule has 0 spiro atoms. The van der Waals surface area contributed by atoms with Crippen LogP contribution < -0.4 is 10.0 Å². The third-order valence-corrected chi connectivity index (χ3v) is 5.37. The summed E-state index contributed by atoms with van der Waals surface area (Å²) in [7, 11) is -3.66. The summed E-state index contributed by atoms with van der Waals surface area (Å²) < 4.78 is 27.6. The molecular weight excluding hydrogens is 342 g/mol. The lowest BCUT2D eigenvalue weighted by molar-refractivity contribution is 0.210. The van der Waals surface area contributed by atoms with Crippen LogP contribution in [-0.2, 0) is 10.0 Å². The Kier molecular flexibility index (Phi) is 4.47. The molecule has 0 aliphatic carbocycles. The van der Waals surface area contributed by atoms with E-state index < -0.39 is 22.2 Å². The summed E-state index contributed by atoms with van der Waals surface area (Å²) in [5, 5.41) is 11.9. The molecule has 8 heteroatoms. The summed E-state index contributed by atoms with van der Waals surface area (Å²) in [4.78, 5) is 14.1. The van der Waals surface area contributed by atoms with E-state index in [0.29, 0.717) is 5.69 Å². The highest BCUT2D eigenvalue weighted by molar-refractivity contribution is 7.89. The molecular formula is C17H17N3O4S. The molecule has 4 N–H and O–H groups in total. The van der Waals surface area contributed by atoms with Crippen molar-refractivity contribution in [3.05, 3.63) is 60.3 Å². The third kappa shape index (κ3) is 3.65. The van der Waals surface area contributed by atoms with Gasteiger partial charge >= 0.3 is 6.09 Å². The zero-order valence-electron chi connectivity index (χ0n) is 13.4. The number of hydrogen-bond acceptors (Lipinski definition) is 3. The minimum Gasteiger partial charge on any atom is -0.465 e. The van der Waals surface area contributed by atoms with Crippen LogP contribution in [0, 0.1) is 0 Å². The van der Waals surface area contributed by atoms with Gasteiger partial charge in [0.1, 0.15) is 0 Å². The summed E-state index contributed by atoms with van der Waals surface area (Å²) in [6.07, 6.45) is 0.558. The lowest BCUT2D eigenvalue weighted by Gasteiger charge is -2.14. The molecule has 0 saturated carbocycles. The Balaban J connectivity index is 1.92. The number of aromatic amines is 1. The van der Waals surface area contributed by atoms with Crippen LogP contribution in [-0.4, -0.2) is 24.6 Å². The lowest BCUT2D eigenvalue weighted by Crippen LogP contribution is -2.26. The van der Waals surface area contributed by atoms with Gasteiger partial charge in [0.05, 0.1) is 4.90 Å². The second-order valence-corrected chi connectivity index (χ2v) is 7.30. The van der Waals surface area contributed by atoms with Gasteiger partial charge in [-0.3, -0.25) is 5.32 Å². The number of anilines is 1. The van der Waals surface area contributed by atoms with Gasteiger partial charge in [-0.2, -0.15) is 0 Å². The van der Waals surface area contributed by atoms with Crippen LogP contribution in [0.25, 0.3) is 10.9 Å². The van der Waals surface area contributed by atoms with E-state index in [-0.39, 0.29) is 4.90 Å². The maximum absolute atomic E-state index is 12.5. The molecule has 3 rings (SSSR count). The highest BCUT2D eigenvalue weighted by atomic mass is 32.2. The van der Waals surface area contributed by atoms with E-state index in [2.05, 4.69) is 15.0 Å². The average molecular weight is 359 g/mol. The Hall–Kier alpha value is -2.84. The predicted octanol–water partition coefficient (Wildman–Crippen LogP) is 3.30. The quantitative estimate of drug-likeness (QED) is 0.560. The molecule has 25 heavy (non-hydrogen) atoms. The first-order valence-corrected chi connectivity index (χ1v) is 9.03. The molecule has 0 saturated heterocycles. The van der Waals surface area contributed by atoms with E-state index >= 15 is 0 Å². The van der Waals surface area contributed by atoms with Crippen molar-refractivity contribution in [3.8, 4) is 0 Å². The van der Waals surface area contributed by atoms with Crippen molar-refractivity contribution in [1.29, 1.82) is 0 Å². The molecule has 0 fully saturated rings. The smallest absolute Gasteiger partial charge is 0.409 e. The number of fused-ring (bicyclic) bond motifs is 1. The molecule has 2 aromatic carbocycles. The summed E-state index contributed by atoms with van der Waals surface area (Å²) >= 11 is 0. The van der Waals surface area contributed by atoms with E-state index in [0.717, 1.165) is 16.5 Å². The van der Waals surface area contributed by atoms with Crippen LogP contribution in [0.4, 0.5) is 10.5 Å². The Labute approximate surface area is 144 Å². The average Bonchev–Trinajstić information content (AvgIpc) is 2.98. The molecule has 1 unspecified atom stereocenters. The minimum absolute atomic E-state index is 0.190. The number of amides is 1. The van der Waals surface area contributed by atoms with Crippen LogP contribution in [0.2, 0.25) is 0 Å². The Morgan fingerprint density at radius 2 is 1.88 bits per heavy atom. The van der Waals surface area contributed by atoms with Crippen LogP contribution in [0.3, 0.4) is 0 Å². The fourth-order valence-electron chi connectivity index (χ4n) is 2.67. The van der Waals surface area contributed by atoms with Gasteiger partial charge in [-0.05, 0) is 42.8 Å². The summed E-state index contributed by atoms with van der Waals surface area (Å²) in [6, 6.07) is 12.7. The molecule has 1 aromatic heterocycles. The van der Waals surface area contributed by atoms with E-state index in [9.17, 15) is 13.2 Å². The first kappa shape index (κ1) is 17.0. The summed E-state index contributed by atoms with van der Waals surface area (Å²) in [6.45, 7) is 1.74. The molecule has 1 heterocycles. The maximum atomic E-state index is 12.5. The maximum Gasteiger partial charge on any atom is 0.409 e. The number of H-pyrrole nitrogens is 1. The molecule has 3 aromatic rings. The minimum atomic E-state index is -3.66. The molecule has 130 valence electrons. The number of aromatic nitrogens is 1. The Bertz CT molecular complexity index is 1010. The van der Waals surface area contributed by atoms with Gasteiger partial charge in [-0.1, -0.05) is 18.2 Å². The Morgan fingerprint density at radius 3 is 2.56 bits per heavy atom. The zero-order chi connectivity index (χ0) is 18.0. The largest absolute Gasteiger partial charge is 0.465 e. The summed E-state index contributed by atoms with van der Waals surface area (Å²) in [5.74, 6) is 0. The monoisotopic (exact) mass is 359 g/mol. The summed E-state index contributed by atoms with van der Waals surface area (Å²) in [5.41, 5.74) is 1.93. The van der Waals surface area contributed by atoms with Crippen molar-refractivity contribution in [2.24, 2.45) is 0 Å². The van der Waals surface area contributed by atoms with Crippen molar-refractivity contribution in [2.45, 2.75) is 17.9 Å². The third-order valence-electron chi connectivity index (χ3n) is 3.82. The Morgan fingerprint density at radius 1 is 1.16 bits per heavy atom. The van der Waals surface area contributed by atoms with Crippen molar-refractivity contribution in [2.75, 3.05) is 5.32 Å². The van der Waals surface area contributed by atoms with Crippen LogP contribution in [0.15, 0.2) is 59.6 Å². The fourth-order valence-corrected chi connectivity index (χ4v) is 3.91. The van der Waals surface area contributed by atoms with Crippen molar-refractivity contribution < 1.29 is 18.3 Å². The van der Waals surface area contributed by atoms with Crippen LogP contribution in [0.1, 0.15) is 18.5 Å². The van der Waals surface area contributed by atoms with E-state index in [4.69, 9.17) is 5.11 Å². The number of hydrogen-bond donors (Lipinski definition) is 4. The van der Waals surface area contributed by atoms with Gasteiger partial charge in [0.2, 0.25) is 10.0 Å². The molecule has 0 aliphatic heterocycles. The van der Waals surface area contributed by atoms with E-state index in [1.54, 1.807) is 49.5 Å². The van der Waals surface area contributed by atoms with Crippen molar-refractivity contribution in [1.82, 2.24) is 9.71 Å². The second-order valence-electron chi connectivity index (χ2n) is 5.59. The van der Waals surface area contributed by atoms with Gasteiger partial charge in [0, 0.05) is 28.8 Å². The molecule has 0 bridgehead atoms. The van der Waals surface area contributed by atoms with Gasteiger partial charge < -0.3 is 10.1 Å². The lowest BCUT2D eigenvalue weighted by atomic mass is 10.1. The van der Waals surface area contributed by atoms with Crippen LogP contribution >= 0.6 is 0 Å². The first-order chi connectivity index (χ1) is 11.9. The van der Waals surface area contributed by atoms with E-state index in [1.165, 1.54) is 12.1 Å². The predicted molar refractivity (Wildman–Crippen MR) is 95.1 cm³/mol. The number of nitrogens with one attached hydrogen (secondary N) is 3. The fraction of sp³-hybridized carbons (Fsp3) is 0.118. The van der Waals surface area contributed by atoms with Crippen molar-refractivity contribution >= 4 is 32.7 Å². The number of rotatable bonds is 5. The normalized spacial score (nSPS) is 12.8. The SMILES string of the molecule is CC(NS(=O)(=O)c1ccccc1)c1c[nH]c2ccc(NC(=O)O)cc12. The van der Waals surface area contributed by atoms with Crippen LogP contribution in [0.5, 0.6) is 0 Å². The van der Waals surface area contributed by atoms with E-state index in [1.807, 2.05) is 0 Å². The molecule has 1 amide bonds.